The Labute approximate surface area is 479 Å². The Kier molecular flexibility index (Phi) is 71.5. The van der Waals surface area contributed by atoms with Crippen molar-refractivity contribution in [1.82, 2.24) is 0 Å². The van der Waals surface area contributed by atoms with E-state index in [1.165, 1.54) is 441 Å². The lowest BCUT2D eigenvalue weighted by Crippen LogP contribution is -3.00. The van der Waals surface area contributed by atoms with Gasteiger partial charge >= 0.3 is 0 Å². The zero-order valence-corrected chi connectivity index (χ0v) is 53.7. The fourth-order valence-corrected chi connectivity index (χ4v) is 12.3. The molecule has 1 nitrogen and oxygen atoms in total. The van der Waals surface area contributed by atoms with Gasteiger partial charge in [-0.1, -0.05) is 412 Å². The van der Waals surface area contributed by atoms with Gasteiger partial charge in [-0.25, -0.2) is 0 Å². The maximum Gasteiger partial charge on any atom is 0.0782 e. The second kappa shape index (κ2) is 69.4. The number of nitrogens with zero attached hydrogens (tertiary/aromatic N) is 1. The Balaban J connectivity index is 0. The minimum atomic E-state index is 0. The van der Waals surface area contributed by atoms with Crippen LogP contribution in [0.2, 0.25) is 0 Å². The standard InChI is InChI=1S/C72H148N.ClH/c1-5-7-9-11-13-15-17-19-21-23-25-27-29-31-33-35-37-39-40-42-44-46-48-50-52-54-56-58-60-62-64-66-68-70-72-73(3,4)71-69-67-65-63-61-59-57-55-53-51-49-47-45-43-41-38-36-34-32-30-28-26-24-22-20-18-16-14-12-10-8-6-2;/h5-72H2,1-4H3;1H/q+1;/p-1. The van der Waals surface area contributed by atoms with Crippen LogP contribution in [0.3, 0.4) is 0 Å². The summed E-state index contributed by atoms with van der Waals surface area (Å²) < 4.78 is 1.25. The molecule has 0 atom stereocenters. The highest BCUT2D eigenvalue weighted by atomic mass is 35.5. The molecule has 2 heteroatoms. The van der Waals surface area contributed by atoms with Crippen LogP contribution in [0, 0.1) is 0 Å². The molecule has 0 bridgehead atoms. The molecule has 0 spiro atoms. The summed E-state index contributed by atoms with van der Waals surface area (Å²) in [5.74, 6) is 0. The molecule has 0 amide bonds. The summed E-state index contributed by atoms with van der Waals surface area (Å²) in [5.41, 5.74) is 0. The van der Waals surface area contributed by atoms with Gasteiger partial charge in [0.2, 0.25) is 0 Å². The van der Waals surface area contributed by atoms with Crippen LogP contribution in [0.4, 0.5) is 0 Å². The van der Waals surface area contributed by atoms with Crippen molar-refractivity contribution >= 4 is 0 Å². The maximum absolute atomic E-state index is 2.49. The molecule has 0 aromatic rings. The van der Waals surface area contributed by atoms with E-state index in [0.29, 0.717) is 0 Å². The third-order valence-electron chi connectivity index (χ3n) is 17.7. The van der Waals surface area contributed by atoms with Crippen molar-refractivity contribution in [2.75, 3.05) is 27.2 Å². The summed E-state index contributed by atoms with van der Waals surface area (Å²) in [4.78, 5) is 0. The van der Waals surface area contributed by atoms with E-state index in [9.17, 15) is 0 Å². The molecule has 0 N–H and O–H groups in total. The van der Waals surface area contributed by atoms with Crippen LogP contribution in [-0.2, 0) is 0 Å². The fraction of sp³-hybridized carbons (Fsp3) is 1.00. The highest BCUT2D eigenvalue weighted by Gasteiger charge is 2.13. The van der Waals surface area contributed by atoms with Gasteiger partial charge in [0.05, 0.1) is 27.2 Å². The molecule has 0 aromatic carbocycles. The number of hydrogen-bond acceptors (Lipinski definition) is 0. The molecule has 0 aliphatic carbocycles. The summed E-state index contributed by atoms with van der Waals surface area (Å²) in [6.07, 6.45) is 97.9. The number of halogens is 1. The maximum atomic E-state index is 2.49. The number of unbranched alkanes of at least 4 members (excludes halogenated alkanes) is 64. The van der Waals surface area contributed by atoms with Gasteiger partial charge in [0.25, 0.3) is 0 Å². The first-order valence-corrected chi connectivity index (χ1v) is 35.9. The quantitative estimate of drug-likeness (QED) is 0.0421. The van der Waals surface area contributed by atoms with Gasteiger partial charge in [-0.15, -0.1) is 0 Å². The van der Waals surface area contributed by atoms with Gasteiger partial charge in [0.15, 0.2) is 0 Å². The van der Waals surface area contributed by atoms with Gasteiger partial charge in [0.1, 0.15) is 0 Å². The lowest BCUT2D eigenvalue weighted by molar-refractivity contribution is -0.890. The van der Waals surface area contributed by atoms with Crippen molar-refractivity contribution in [3.63, 3.8) is 0 Å². The predicted octanol–water partition coefficient (Wildman–Crippen LogP) is 23.9. The lowest BCUT2D eigenvalue weighted by Gasteiger charge is -2.30. The fourth-order valence-electron chi connectivity index (χ4n) is 12.3. The minimum absolute atomic E-state index is 0. The van der Waals surface area contributed by atoms with E-state index in [1.807, 2.05) is 0 Å². The van der Waals surface area contributed by atoms with E-state index in [0.717, 1.165) is 0 Å². The first kappa shape index (κ1) is 76.3. The Bertz CT molecular complexity index is 930. The van der Waals surface area contributed by atoms with E-state index in [4.69, 9.17) is 0 Å². The number of quaternary nitrogens is 1. The summed E-state index contributed by atoms with van der Waals surface area (Å²) in [5, 5.41) is 0. The zero-order chi connectivity index (χ0) is 52.6. The Hall–Kier alpha value is 0.250. The topological polar surface area (TPSA) is 0 Å². The summed E-state index contributed by atoms with van der Waals surface area (Å²) in [7, 11) is 4.99. The first-order chi connectivity index (χ1) is 36.1. The molecule has 0 fully saturated rings. The molecule has 0 rings (SSSR count). The normalized spacial score (nSPS) is 11.8. The second-order valence-electron chi connectivity index (χ2n) is 26.0. The van der Waals surface area contributed by atoms with Gasteiger partial charge in [-0.2, -0.15) is 0 Å². The monoisotopic (exact) mass is 1060 g/mol. The van der Waals surface area contributed by atoms with Crippen LogP contribution < -0.4 is 12.4 Å². The first-order valence-electron chi connectivity index (χ1n) is 35.9. The molecule has 448 valence electrons. The number of hydrogen-bond donors (Lipinski definition) is 0. The van der Waals surface area contributed by atoms with E-state index in [2.05, 4.69) is 27.9 Å². The van der Waals surface area contributed by atoms with Crippen LogP contribution >= 0.6 is 0 Å². The lowest BCUT2D eigenvalue weighted by atomic mass is 10.0. The predicted molar refractivity (Wildman–Crippen MR) is 338 cm³/mol. The highest BCUT2D eigenvalue weighted by molar-refractivity contribution is 4.56. The van der Waals surface area contributed by atoms with E-state index in [1.54, 1.807) is 0 Å². The molecular formula is C72H148ClN. The van der Waals surface area contributed by atoms with Crippen LogP contribution in [0.1, 0.15) is 438 Å². The van der Waals surface area contributed by atoms with Crippen LogP contribution in [0.25, 0.3) is 0 Å². The largest absolute Gasteiger partial charge is 1.00 e. The molecule has 0 heterocycles. The van der Waals surface area contributed by atoms with Gasteiger partial charge in [-0.3, -0.25) is 0 Å². The Morgan fingerprint density at radius 1 is 0.135 bits per heavy atom. The van der Waals surface area contributed by atoms with Crippen molar-refractivity contribution < 1.29 is 16.9 Å². The summed E-state index contributed by atoms with van der Waals surface area (Å²) >= 11 is 0. The van der Waals surface area contributed by atoms with Crippen molar-refractivity contribution in [1.29, 1.82) is 0 Å². The third kappa shape index (κ3) is 70.3. The average molecular weight is 1060 g/mol. The molecule has 0 radical (unpaired) electrons. The van der Waals surface area contributed by atoms with Crippen molar-refractivity contribution in [2.45, 2.75) is 438 Å². The number of rotatable bonds is 68. The minimum Gasteiger partial charge on any atom is -1.00 e. The van der Waals surface area contributed by atoms with E-state index in [-0.39, 0.29) is 12.4 Å². The third-order valence-corrected chi connectivity index (χ3v) is 17.7. The van der Waals surface area contributed by atoms with Crippen molar-refractivity contribution in [3.8, 4) is 0 Å². The summed E-state index contributed by atoms with van der Waals surface area (Å²) in [6.45, 7) is 7.41. The molecule has 0 aliphatic rings. The van der Waals surface area contributed by atoms with E-state index >= 15 is 0 Å². The molecular weight excluding hydrogens is 914 g/mol. The Morgan fingerprint density at radius 2 is 0.216 bits per heavy atom. The van der Waals surface area contributed by atoms with Crippen LogP contribution in [-0.4, -0.2) is 31.7 Å². The van der Waals surface area contributed by atoms with Crippen molar-refractivity contribution in [3.05, 3.63) is 0 Å². The summed E-state index contributed by atoms with van der Waals surface area (Å²) in [6, 6.07) is 0. The Morgan fingerprint density at radius 3 is 0.311 bits per heavy atom. The van der Waals surface area contributed by atoms with Crippen LogP contribution in [0.5, 0.6) is 0 Å². The molecule has 74 heavy (non-hydrogen) atoms. The molecule has 0 aromatic heterocycles. The SMILES string of the molecule is CCCCCCCCCCCCCCCCCCCCCCCCCCCCCCCCCCCC[N+](C)(C)CCCCCCCCCCCCCCCCCCCCCCCCCCCCCCCCCC.[Cl-]. The average Bonchev–Trinajstić information content (AvgIpc) is 3.39. The zero-order valence-electron chi connectivity index (χ0n) is 52.9. The van der Waals surface area contributed by atoms with Gasteiger partial charge in [0, 0.05) is 0 Å². The van der Waals surface area contributed by atoms with E-state index < -0.39 is 0 Å². The smallest absolute Gasteiger partial charge is 0.0782 e. The van der Waals surface area contributed by atoms with Gasteiger partial charge < -0.3 is 16.9 Å². The molecule has 0 saturated carbocycles. The van der Waals surface area contributed by atoms with Crippen LogP contribution in [0.15, 0.2) is 0 Å². The molecule has 0 aliphatic heterocycles. The second-order valence-corrected chi connectivity index (χ2v) is 26.0. The molecule has 0 unspecified atom stereocenters. The van der Waals surface area contributed by atoms with Crippen molar-refractivity contribution in [2.24, 2.45) is 0 Å². The highest BCUT2D eigenvalue weighted by Crippen LogP contribution is 2.20. The van der Waals surface area contributed by atoms with Gasteiger partial charge in [-0.05, 0) is 25.7 Å². The molecule has 0 saturated heterocycles.